The third-order valence-electron chi connectivity index (χ3n) is 6.51. The standard InChI is InChI=1S/C20H21FN9O9PS2/c21-8-11(32)6(38-18(8)29-4-25-9-14(29)23-3-24-16(9)34)2-37-40(36,41)39-13-12(33)7(1-31)42-19(13)30-5-26-10-15(30)27-20(22)28-17(10)35/h3-7,11-13,19,31-33H,1-2H2,(H,36,41)(H,23,24,34)(H3,22,27,28,35)/t6-,7-,11-,12-,13-,19-,40-/m1/s1. The van der Waals surface area contributed by atoms with Crippen LogP contribution in [0.15, 0.2) is 34.4 Å². The van der Waals surface area contributed by atoms with E-state index < -0.39 is 77.9 Å². The molecule has 0 saturated carbocycles. The van der Waals surface area contributed by atoms with Crippen molar-refractivity contribution in [3.63, 3.8) is 0 Å². The number of ether oxygens (including phenoxy) is 1. The lowest BCUT2D eigenvalue weighted by Gasteiger charge is -2.26. The van der Waals surface area contributed by atoms with E-state index in [9.17, 15) is 33.9 Å². The SMILES string of the molecule is Nc1nc2c(ncn2[C@@H]2S[C@H](CO)[C@@H](O)[C@H]2O[P@](=O)(S)OC[C@H]2OC(n3cnc4c(=O)[nH]cnc43)=C(F)[C@@H]2O)c(=O)[nH]1. The molecule has 4 aromatic heterocycles. The minimum atomic E-state index is -4.38. The van der Waals surface area contributed by atoms with Gasteiger partial charge in [-0.25, -0.2) is 23.9 Å². The molecule has 18 nitrogen and oxygen atoms in total. The second-order valence-electron chi connectivity index (χ2n) is 9.12. The van der Waals surface area contributed by atoms with Crippen LogP contribution in [0.1, 0.15) is 5.37 Å². The largest absolute Gasteiger partial charge is 0.468 e. The van der Waals surface area contributed by atoms with Crippen molar-refractivity contribution >= 4 is 65.0 Å². The summed E-state index contributed by atoms with van der Waals surface area (Å²) in [5.74, 6) is -1.82. The molecule has 7 N–H and O–H groups in total. The highest BCUT2D eigenvalue weighted by atomic mass is 32.7. The van der Waals surface area contributed by atoms with Gasteiger partial charge in [-0.1, -0.05) is 12.2 Å². The Balaban J connectivity index is 1.19. The first-order chi connectivity index (χ1) is 20.0. The predicted octanol–water partition coefficient (Wildman–Crippen LogP) is -0.903. The van der Waals surface area contributed by atoms with Gasteiger partial charge in [-0.15, -0.1) is 11.8 Å². The fourth-order valence-corrected chi connectivity index (χ4v) is 7.50. The molecule has 1 saturated heterocycles. The average molecular weight is 646 g/mol. The first-order valence-corrected chi connectivity index (χ1v) is 15.6. The van der Waals surface area contributed by atoms with Gasteiger partial charge < -0.3 is 30.8 Å². The van der Waals surface area contributed by atoms with Crippen molar-refractivity contribution in [2.24, 2.45) is 0 Å². The van der Waals surface area contributed by atoms with Gasteiger partial charge in [-0.3, -0.25) is 32.8 Å². The number of fused-ring (bicyclic) bond motifs is 2. The topological polar surface area (TPSA) is 259 Å². The lowest BCUT2D eigenvalue weighted by Crippen LogP contribution is -2.35. The Morgan fingerprint density at radius 1 is 1.19 bits per heavy atom. The number of hydrogen-bond donors (Lipinski definition) is 7. The van der Waals surface area contributed by atoms with Crippen LogP contribution in [0.3, 0.4) is 0 Å². The zero-order valence-electron chi connectivity index (χ0n) is 20.8. The van der Waals surface area contributed by atoms with Crippen LogP contribution in [-0.2, 0) is 18.3 Å². The Hall–Kier alpha value is -3.30. The van der Waals surface area contributed by atoms with Gasteiger partial charge in [0, 0.05) is 0 Å². The van der Waals surface area contributed by atoms with Crippen molar-refractivity contribution in [3.8, 4) is 0 Å². The first-order valence-electron chi connectivity index (χ1n) is 12.0. The number of rotatable bonds is 8. The molecule has 0 bridgehead atoms. The maximum atomic E-state index is 15.0. The zero-order chi connectivity index (χ0) is 29.9. The van der Waals surface area contributed by atoms with Gasteiger partial charge >= 0.3 is 6.80 Å². The number of thioether (sulfide) groups is 1. The van der Waals surface area contributed by atoms with Crippen LogP contribution in [-0.4, -0.2) is 97.2 Å². The number of aliphatic hydroxyl groups is 3. The second kappa shape index (κ2) is 10.8. The maximum Gasteiger partial charge on any atom is 0.386 e. The summed E-state index contributed by atoms with van der Waals surface area (Å²) in [6.45, 7) is -5.55. The van der Waals surface area contributed by atoms with Gasteiger partial charge in [0.15, 0.2) is 34.3 Å². The third kappa shape index (κ3) is 4.90. The highest BCUT2D eigenvalue weighted by molar-refractivity contribution is 8.44. The number of anilines is 1. The van der Waals surface area contributed by atoms with Gasteiger partial charge in [0.05, 0.1) is 37.2 Å². The maximum absolute atomic E-state index is 15.0. The minimum absolute atomic E-state index is 0.0386. The van der Waals surface area contributed by atoms with E-state index in [1.165, 1.54) is 10.9 Å². The summed E-state index contributed by atoms with van der Waals surface area (Å²) >= 11 is 5.01. The van der Waals surface area contributed by atoms with Crippen LogP contribution in [0.25, 0.3) is 28.2 Å². The predicted molar refractivity (Wildman–Crippen MR) is 147 cm³/mol. The van der Waals surface area contributed by atoms with E-state index in [0.29, 0.717) is 0 Å². The molecule has 0 spiro atoms. The number of aromatic nitrogens is 8. The molecule has 6 heterocycles. The Morgan fingerprint density at radius 2 is 1.93 bits per heavy atom. The Bertz CT molecular complexity index is 1880. The van der Waals surface area contributed by atoms with Crippen LogP contribution in [0.5, 0.6) is 0 Å². The molecule has 4 aromatic rings. The molecule has 2 aliphatic rings. The van der Waals surface area contributed by atoms with Gasteiger partial charge in [-0.05, 0) is 0 Å². The van der Waals surface area contributed by atoms with E-state index >= 15 is 0 Å². The molecule has 1 fully saturated rings. The summed E-state index contributed by atoms with van der Waals surface area (Å²) in [4.78, 5) is 44.7. The number of nitrogens with two attached hydrogens (primary N) is 1. The van der Waals surface area contributed by atoms with Crippen molar-refractivity contribution in [2.75, 3.05) is 18.9 Å². The number of aliphatic hydroxyl groups excluding tert-OH is 3. The number of halogens is 1. The molecule has 0 aromatic carbocycles. The smallest absolute Gasteiger partial charge is 0.386 e. The number of nitrogens with one attached hydrogen (secondary N) is 2. The van der Waals surface area contributed by atoms with E-state index in [1.807, 2.05) is 0 Å². The fourth-order valence-electron chi connectivity index (χ4n) is 4.53. The number of thiol groups is 1. The molecule has 2 aliphatic heterocycles. The van der Waals surface area contributed by atoms with Crippen molar-refractivity contribution in [1.82, 2.24) is 39.0 Å². The summed E-state index contributed by atoms with van der Waals surface area (Å²) < 4.78 is 47.0. The third-order valence-corrected chi connectivity index (χ3v) is 9.68. The molecule has 0 unspecified atom stereocenters. The van der Waals surface area contributed by atoms with E-state index in [2.05, 4.69) is 42.2 Å². The summed E-state index contributed by atoms with van der Waals surface area (Å²) in [7, 11) is 0. The number of nitrogens with zero attached hydrogens (tertiary/aromatic N) is 6. The first kappa shape index (κ1) is 28.8. The summed E-state index contributed by atoms with van der Waals surface area (Å²) in [5.41, 5.74) is 4.33. The van der Waals surface area contributed by atoms with E-state index in [-0.39, 0.29) is 28.3 Å². The monoisotopic (exact) mass is 645 g/mol. The highest BCUT2D eigenvalue weighted by Gasteiger charge is 2.49. The normalized spacial score (nSPS) is 27.6. The van der Waals surface area contributed by atoms with Gasteiger partial charge in [0.25, 0.3) is 11.1 Å². The van der Waals surface area contributed by atoms with Gasteiger partial charge in [0.2, 0.25) is 11.8 Å². The molecule has 0 radical (unpaired) electrons. The van der Waals surface area contributed by atoms with Crippen LogP contribution in [0, 0.1) is 0 Å². The number of H-pyrrole nitrogens is 2. The molecule has 42 heavy (non-hydrogen) atoms. The summed E-state index contributed by atoms with van der Waals surface area (Å²) in [6, 6.07) is 0. The summed E-state index contributed by atoms with van der Waals surface area (Å²) in [6.07, 6.45) is -2.60. The molecule has 22 heteroatoms. The lowest BCUT2D eigenvalue weighted by atomic mass is 10.1. The Morgan fingerprint density at radius 3 is 2.69 bits per heavy atom. The van der Waals surface area contributed by atoms with Gasteiger partial charge in [0.1, 0.15) is 23.9 Å². The van der Waals surface area contributed by atoms with Crippen molar-refractivity contribution in [1.29, 1.82) is 0 Å². The quantitative estimate of drug-likeness (QED) is 0.0904. The Kier molecular flexibility index (Phi) is 7.38. The van der Waals surface area contributed by atoms with E-state index in [0.717, 1.165) is 29.0 Å². The van der Waals surface area contributed by atoms with Gasteiger partial charge in [-0.2, -0.15) is 4.98 Å². The lowest BCUT2D eigenvalue weighted by molar-refractivity contribution is 0.00179. The number of imidazole rings is 2. The number of aromatic amines is 2. The minimum Gasteiger partial charge on any atom is -0.468 e. The molecular weight excluding hydrogens is 624 g/mol. The fraction of sp³-hybridized carbons (Fsp3) is 0.400. The van der Waals surface area contributed by atoms with Crippen LogP contribution in [0.2, 0.25) is 0 Å². The van der Waals surface area contributed by atoms with Crippen LogP contribution in [0.4, 0.5) is 10.3 Å². The van der Waals surface area contributed by atoms with Crippen molar-refractivity contribution < 1.29 is 38.1 Å². The van der Waals surface area contributed by atoms with E-state index in [4.69, 9.17) is 19.5 Å². The number of nitrogen functional groups attached to an aromatic ring is 1. The van der Waals surface area contributed by atoms with Crippen LogP contribution >= 0.6 is 30.8 Å². The zero-order valence-corrected chi connectivity index (χ0v) is 23.4. The molecule has 0 aliphatic carbocycles. The second-order valence-corrected chi connectivity index (χ2v) is 13.4. The molecule has 0 amide bonds. The molecule has 7 atom stereocenters. The Labute approximate surface area is 241 Å². The average Bonchev–Trinajstić information content (AvgIpc) is 3.69. The summed E-state index contributed by atoms with van der Waals surface area (Å²) in [5, 5.41) is 29.3. The molecule has 6 rings (SSSR count). The molecular formula is C20H21FN9O9PS2. The van der Waals surface area contributed by atoms with Crippen molar-refractivity contribution in [2.45, 2.75) is 35.0 Å². The number of hydrogen-bond acceptors (Lipinski definition) is 15. The van der Waals surface area contributed by atoms with Crippen molar-refractivity contribution in [3.05, 3.63) is 45.5 Å². The van der Waals surface area contributed by atoms with Crippen LogP contribution < -0.4 is 16.9 Å². The molecule has 224 valence electrons. The van der Waals surface area contributed by atoms with E-state index in [1.54, 1.807) is 0 Å². The highest BCUT2D eigenvalue weighted by Crippen LogP contribution is 2.59.